The maximum atomic E-state index is 12.2. The van der Waals surface area contributed by atoms with Crippen LogP contribution in [0.25, 0.3) is 6.08 Å². The lowest BCUT2D eigenvalue weighted by molar-refractivity contribution is -0.305. The number of anilines is 1. The normalized spacial score (nSPS) is 20.1. The predicted molar refractivity (Wildman–Crippen MR) is 97.4 cm³/mol. The van der Waals surface area contributed by atoms with Crippen molar-refractivity contribution in [2.45, 2.75) is 19.3 Å². The van der Waals surface area contributed by atoms with Gasteiger partial charge in [-0.05, 0) is 43.0 Å². The number of hydrogen-bond donors (Lipinski definition) is 0. The summed E-state index contributed by atoms with van der Waals surface area (Å²) in [4.78, 5) is 26.8. The van der Waals surface area contributed by atoms with Crippen LogP contribution in [0.2, 0.25) is 0 Å². The molecule has 0 saturated carbocycles. The lowest BCUT2D eigenvalue weighted by Gasteiger charge is -2.28. The Bertz CT molecular complexity index is 694. The molecule has 0 radical (unpaired) electrons. The molecule has 0 aliphatic carbocycles. The molecule has 5 nitrogen and oxygen atoms in total. The molecule has 0 spiro atoms. The van der Waals surface area contributed by atoms with Crippen molar-refractivity contribution in [2.75, 3.05) is 24.5 Å². The highest BCUT2D eigenvalue weighted by atomic mass is 32.2. The SMILES string of the molecule is O=C([O-])CN1C(=O)/C(=C\c2ccc(N3CCCCC3)cc2)SC1=S. The molecule has 0 unspecified atom stereocenters. The highest BCUT2D eigenvalue weighted by Gasteiger charge is 2.31. The molecule has 0 atom stereocenters. The van der Waals surface area contributed by atoms with Gasteiger partial charge in [0.1, 0.15) is 4.32 Å². The zero-order valence-electron chi connectivity index (χ0n) is 13.1. The van der Waals surface area contributed by atoms with Crippen LogP contribution in [0, 0.1) is 0 Å². The molecule has 2 heterocycles. The minimum absolute atomic E-state index is 0.250. The van der Waals surface area contributed by atoms with Gasteiger partial charge in [-0.15, -0.1) is 0 Å². The van der Waals surface area contributed by atoms with E-state index in [4.69, 9.17) is 12.2 Å². The summed E-state index contributed by atoms with van der Waals surface area (Å²) >= 11 is 6.18. The van der Waals surface area contributed by atoms with Crippen LogP contribution in [-0.4, -0.2) is 40.7 Å². The van der Waals surface area contributed by atoms with Crippen molar-refractivity contribution in [3.05, 3.63) is 34.7 Å². The molecular weight excluding hydrogens is 344 g/mol. The van der Waals surface area contributed by atoms with Crippen molar-refractivity contribution in [3.8, 4) is 0 Å². The van der Waals surface area contributed by atoms with E-state index < -0.39 is 12.5 Å². The van der Waals surface area contributed by atoms with Crippen molar-refractivity contribution in [2.24, 2.45) is 0 Å². The first kappa shape index (κ1) is 17.0. The zero-order valence-corrected chi connectivity index (χ0v) is 14.7. The second-order valence-electron chi connectivity index (χ2n) is 5.78. The first-order valence-electron chi connectivity index (χ1n) is 7.85. The molecule has 24 heavy (non-hydrogen) atoms. The van der Waals surface area contributed by atoms with E-state index in [0.29, 0.717) is 4.91 Å². The quantitative estimate of drug-likeness (QED) is 0.600. The van der Waals surface area contributed by atoms with Crippen LogP contribution in [0.5, 0.6) is 0 Å². The number of carboxylic acid groups (broad SMARTS) is 1. The highest BCUT2D eigenvalue weighted by Crippen LogP contribution is 2.32. The number of aliphatic carboxylic acids is 1. The van der Waals surface area contributed by atoms with Crippen molar-refractivity contribution < 1.29 is 14.7 Å². The third-order valence-electron chi connectivity index (χ3n) is 4.07. The Morgan fingerprint density at radius 1 is 1.21 bits per heavy atom. The van der Waals surface area contributed by atoms with Crippen LogP contribution in [0.4, 0.5) is 5.69 Å². The van der Waals surface area contributed by atoms with Crippen LogP contribution < -0.4 is 10.0 Å². The Kier molecular flexibility index (Phi) is 5.20. The van der Waals surface area contributed by atoms with E-state index >= 15 is 0 Å². The lowest BCUT2D eigenvalue weighted by Crippen LogP contribution is -2.40. The number of rotatable bonds is 4. The maximum Gasteiger partial charge on any atom is 0.266 e. The molecule has 7 heteroatoms. The molecule has 1 aromatic rings. The number of benzene rings is 1. The Hall–Kier alpha value is -1.86. The molecule has 0 aromatic heterocycles. The van der Waals surface area contributed by atoms with E-state index in [-0.39, 0.29) is 10.2 Å². The van der Waals surface area contributed by atoms with Crippen molar-refractivity contribution in [1.29, 1.82) is 0 Å². The number of amides is 1. The summed E-state index contributed by atoms with van der Waals surface area (Å²) < 4.78 is 0.250. The number of piperidine rings is 1. The van der Waals surface area contributed by atoms with Gasteiger partial charge in [0.25, 0.3) is 5.91 Å². The Labute approximate surface area is 150 Å². The molecule has 2 fully saturated rings. The van der Waals surface area contributed by atoms with Gasteiger partial charge in [0, 0.05) is 18.8 Å². The Balaban J connectivity index is 1.73. The topological polar surface area (TPSA) is 63.7 Å². The summed E-state index contributed by atoms with van der Waals surface area (Å²) in [5.41, 5.74) is 2.08. The van der Waals surface area contributed by atoms with Gasteiger partial charge in [-0.25, -0.2) is 0 Å². The molecule has 2 saturated heterocycles. The van der Waals surface area contributed by atoms with E-state index in [9.17, 15) is 14.7 Å². The van der Waals surface area contributed by atoms with Gasteiger partial charge in [-0.3, -0.25) is 9.69 Å². The minimum atomic E-state index is -1.32. The van der Waals surface area contributed by atoms with Gasteiger partial charge in [-0.2, -0.15) is 0 Å². The lowest BCUT2D eigenvalue weighted by atomic mass is 10.1. The number of thiocarbonyl (C=S) groups is 1. The molecule has 3 rings (SSSR count). The minimum Gasteiger partial charge on any atom is -0.548 e. The van der Waals surface area contributed by atoms with Gasteiger partial charge in [0.15, 0.2) is 0 Å². The molecule has 1 amide bonds. The summed E-state index contributed by atoms with van der Waals surface area (Å²) in [6, 6.07) is 8.04. The maximum absolute atomic E-state index is 12.2. The van der Waals surface area contributed by atoms with Crippen LogP contribution in [0.15, 0.2) is 29.2 Å². The fourth-order valence-corrected chi connectivity index (χ4v) is 4.11. The van der Waals surface area contributed by atoms with E-state index in [1.807, 2.05) is 12.1 Å². The van der Waals surface area contributed by atoms with Gasteiger partial charge < -0.3 is 14.8 Å². The number of carbonyl (C=O) groups is 2. The average molecular weight is 361 g/mol. The van der Waals surface area contributed by atoms with E-state index in [0.717, 1.165) is 35.3 Å². The average Bonchev–Trinajstić information content (AvgIpc) is 2.83. The van der Waals surface area contributed by atoms with Crippen molar-refractivity contribution in [1.82, 2.24) is 4.90 Å². The Morgan fingerprint density at radius 3 is 2.50 bits per heavy atom. The fraction of sp³-hybridized carbons (Fsp3) is 0.353. The Morgan fingerprint density at radius 2 is 1.88 bits per heavy atom. The summed E-state index contributed by atoms with van der Waals surface area (Å²) in [5.74, 6) is -1.70. The first-order chi connectivity index (χ1) is 11.5. The third-order valence-corrected chi connectivity index (χ3v) is 5.45. The molecule has 0 bridgehead atoms. The van der Waals surface area contributed by atoms with E-state index in [1.165, 1.54) is 24.9 Å². The molecule has 1 aromatic carbocycles. The summed E-state index contributed by atoms with van der Waals surface area (Å²) in [6.45, 7) is 1.67. The van der Waals surface area contributed by atoms with Crippen LogP contribution >= 0.6 is 24.0 Å². The van der Waals surface area contributed by atoms with Gasteiger partial charge in [-0.1, -0.05) is 36.1 Å². The molecule has 2 aliphatic heterocycles. The third kappa shape index (κ3) is 3.79. The summed E-state index contributed by atoms with van der Waals surface area (Å²) in [6.07, 6.45) is 5.49. The zero-order chi connectivity index (χ0) is 17.1. The van der Waals surface area contributed by atoms with Crippen molar-refractivity contribution in [3.63, 3.8) is 0 Å². The van der Waals surface area contributed by atoms with Crippen molar-refractivity contribution >= 4 is 51.9 Å². The molecule has 0 N–H and O–H groups in total. The summed E-state index contributed by atoms with van der Waals surface area (Å²) in [7, 11) is 0. The highest BCUT2D eigenvalue weighted by molar-refractivity contribution is 8.26. The fourth-order valence-electron chi connectivity index (χ4n) is 2.85. The molecule has 2 aliphatic rings. The van der Waals surface area contributed by atoms with Gasteiger partial charge in [0.05, 0.1) is 17.4 Å². The number of thioether (sulfide) groups is 1. The smallest absolute Gasteiger partial charge is 0.266 e. The number of hydrogen-bond acceptors (Lipinski definition) is 6. The monoisotopic (exact) mass is 361 g/mol. The molecular formula is C17H17N2O3S2-. The second-order valence-corrected chi connectivity index (χ2v) is 7.45. The van der Waals surface area contributed by atoms with Gasteiger partial charge in [0.2, 0.25) is 0 Å². The summed E-state index contributed by atoms with van der Waals surface area (Å²) in [5, 5.41) is 10.7. The van der Waals surface area contributed by atoms with E-state index in [2.05, 4.69) is 17.0 Å². The number of carboxylic acids is 1. The predicted octanol–water partition coefficient (Wildman–Crippen LogP) is 1.63. The van der Waals surface area contributed by atoms with Crippen LogP contribution in [0.1, 0.15) is 24.8 Å². The largest absolute Gasteiger partial charge is 0.548 e. The first-order valence-corrected chi connectivity index (χ1v) is 9.07. The number of nitrogens with zero attached hydrogens (tertiary/aromatic N) is 2. The van der Waals surface area contributed by atoms with E-state index in [1.54, 1.807) is 6.08 Å². The second kappa shape index (κ2) is 7.36. The van der Waals surface area contributed by atoms with Gasteiger partial charge >= 0.3 is 0 Å². The number of carbonyl (C=O) groups excluding carboxylic acids is 2. The standard InChI is InChI=1S/C17H18N2O3S2/c20-15(21)11-19-16(22)14(24-17(19)23)10-12-4-6-13(7-5-12)18-8-2-1-3-9-18/h4-7,10H,1-3,8-9,11H2,(H,20,21)/p-1/b14-10+. The molecule has 126 valence electrons. The van der Waals surface area contributed by atoms with Crippen LogP contribution in [0.3, 0.4) is 0 Å². The van der Waals surface area contributed by atoms with Crippen LogP contribution in [-0.2, 0) is 9.59 Å².